The molecule has 0 spiro atoms. The Hall–Kier alpha value is -0.620. The monoisotopic (exact) mass is 248 g/mol. The lowest BCUT2D eigenvalue weighted by Crippen LogP contribution is -2.37. The number of hydrogen-bond acceptors (Lipinski definition) is 4. The molecule has 0 aromatic rings. The summed E-state index contributed by atoms with van der Waals surface area (Å²) in [5, 5.41) is 2.17. The highest BCUT2D eigenvalue weighted by atomic mass is 32.2. The van der Waals surface area contributed by atoms with E-state index in [-0.39, 0.29) is 5.25 Å². The first-order valence-corrected chi connectivity index (χ1v) is 7.46. The molecule has 94 valence electrons. The molecule has 0 unspecified atom stereocenters. The maximum Gasteiger partial charge on any atom is 0.235 e. The Morgan fingerprint density at radius 1 is 1.25 bits per heavy atom. The van der Waals surface area contributed by atoms with Crippen molar-refractivity contribution >= 4 is 15.7 Å². The van der Waals surface area contributed by atoms with Crippen molar-refractivity contribution in [3.63, 3.8) is 0 Å². The van der Waals surface area contributed by atoms with Gasteiger partial charge in [-0.05, 0) is 12.8 Å². The predicted octanol–water partition coefficient (Wildman–Crippen LogP) is -0.191. The topological polar surface area (TPSA) is 89.3 Å². The van der Waals surface area contributed by atoms with Crippen LogP contribution in [0.2, 0.25) is 0 Å². The molecule has 0 atom stereocenters. The summed E-state index contributed by atoms with van der Waals surface area (Å²) < 4.78 is 23.7. The van der Waals surface area contributed by atoms with Crippen molar-refractivity contribution in [2.24, 2.45) is 5.73 Å². The van der Waals surface area contributed by atoms with Crippen LogP contribution < -0.4 is 11.1 Å². The van der Waals surface area contributed by atoms with Crippen molar-refractivity contribution < 1.29 is 13.2 Å². The summed E-state index contributed by atoms with van der Waals surface area (Å²) in [7, 11) is -3.27. The highest BCUT2D eigenvalue weighted by Crippen LogP contribution is 2.24. The fourth-order valence-electron chi connectivity index (χ4n) is 1.99. The summed E-state index contributed by atoms with van der Waals surface area (Å²) in [6.07, 6.45) is 4.41. The lowest BCUT2D eigenvalue weighted by Gasteiger charge is -2.21. The van der Waals surface area contributed by atoms with E-state index in [1.54, 1.807) is 0 Å². The van der Waals surface area contributed by atoms with E-state index in [4.69, 9.17) is 5.73 Å². The summed E-state index contributed by atoms with van der Waals surface area (Å²) in [5.74, 6) is -0.825. The Morgan fingerprint density at radius 2 is 1.88 bits per heavy atom. The molecule has 1 fully saturated rings. The van der Waals surface area contributed by atoms with Crippen LogP contribution in [0.5, 0.6) is 0 Å². The minimum absolute atomic E-state index is 0.315. The van der Waals surface area contributed by atoms with Gasteiger partial charge < -0.3 is 11.1 Å². The second-order valence-electron chi connectivity index (χ2n) is 4.21. The fourth-order valence-corrected chi connectivity index (χ4v) is 3.74. The van der Waals surface area contributed by atoms with Crippen LogP contribution in [0.1, 0.15) is 32.1 Å². The van der Waals surface area contributed by atoms with E-state index in [2.05, 4.69) is 5.32 Å². The van der Waals surface area contributed by atoms with Crippen molar-refractivity contribution in [2.75, 3.05) is 18.8 Å². The second-order valence-corrected chi connectivity index (χ2v) is 6.49. The third kappa shape index (κ3) is 4.09. The standard InChI is InChI=1S/C10H20N2O3S/c11-6-7-12-10(13)8-16(14,15)9-4-2-1-3-5-9/h9H,1-8,11H2,(H,12,13). The molecule has 1 amide bonds. The number of sulfone groups is 1. The molecule has 1 aliphatic rings. The molecule has 5 nitrogen and oxygen atoms in total. The van der Waals surface area contributed by atoms with Gasteiger partial charge in [-0.25, -0.2) is 8.42 Å². The molecule has 0 saturated heterocycles. The van der Waals surface area contributed by atoms with Crippen molar-refractivity contribution in [3.05, 3.63) is 0 Å². The Bertz CT molecular complexity index is 321. The van der Waals surface area contributed by atoms with E-state index >= 15 is 0 Å². The molecule has 0 aromatic carbocycles. The highest BCUT2D eigenvalue weighted by molar-refractivity contribution is 7.92. The molecule has 1 saturated carbocycles. The van der Waals surface area contributed by atoms with Gasteiger partial charge >= 0.3 is 0 Å². The van der Waals surface area contributed by atoms with Crippen molar-refractivity contribution in [1.29, 1.82) is 0 Å². The first-order chi connectivity index (χ1) is 7.56. The van der Waals surface area contributed by atoms with Crippen molar-refractivity contribution in [3.8, 4) is 0 Å². The van der Waals surface area contributed by atoms with Gasteiger partial charge in [-0.15, -0.1) is 0 Å². The fraction of sp³-hybridized carbons (Fsp3) is 0.900. The average Bonchev–Trinajstić information content (AvgIpc) is 2.27. The molecule has 6 heteroatoms. The Labute approximate surface area is 96.7 Å². The smallest absolute Gasteiger partial charge is 0.235 e. The van der Waals surface area contributed by atoms with Crippen LogP contribution in [0.25, 0.3) is 0 Å². The molecule has 3 N–H and O–H groups in total. The summed E-state index contributed by atoms with van der Waals surface area (Å²) in [6.45, 7) is 0.661. The van der Waals surface area contributed by atoms with Crippen LogP contribution in [0.4, 0.5) is 0 Å². The number of nitrogens with one attached hydrogen (secondary N) is 1. The normalized spacial score (nSPS) is 18.3. The maximum atomic E-state index is 11.9. The van der Waals surface area contributed by atoms with Crippen LogP contribution in [0, 0.1) is 0 Å². The van der Waals surface area contributed by atoms with E-state index in [1.165, 1.54) is 0 Å². The van der Waals surface area contributed by atoms with E-state index in [0.717, 1.165) is 19.3 Å². The third-order valence-corrected chi connectivity index (χ3v) is 5.01. The Balaban J connectivity index is 2.46. The Kier molecular flexibility index (Phi) is 5.21. The predicted molar refractivity (Wildman–Crippen MR) is 62.7 cm³/mol. The summed E-state index contributed by atoms with van der Waals surface area (Å²) in [5.41, 5.74) is 5.22. The number of carbonyl (C=O) groups excluding carboxylic acids is 1. The summed E-state index contributed by atoms with van der Waals surface area (Å²) in [4.78, 5) is 11.3. The highest BCUT2D eigenvalue weighted by Gasteiger charge is 2.29. The second kappa shape index (κ2) is 6.20. The van der Waals surface area contributed by atoms with Crippen LogP contribution in [-0.2, 0) is 14.6 Å². The van der Waals surface area contributed by atoms with Gasteiger partial charge in [0, 0.05) is 13.1 Å². The zero-order chi connectivity index (χ0) is 12.0. The van der Waals surface area contributed by atoms with E-state index in [1.807, 2.05) is 0 Å². The molecule has 1 rings (SSSR count). The molecule has 0 aliphatic heterocycles. The maximum absolute atomic E-state index is 11.9. The number of carbonyl (C=O) groups is 1. The lowest BCUT2D eigenvalue weighted by atomic mass is 10.0. The van der Waals surface area contributed by atoms with Gasteiger partial charge in [-0.3, -0.25) is 4.79 Å². The van der Waals surface area contributed by atoms with E-state index < -0.39 is 21.5 Å². The molecule has 0 radical (unpaired) electrons. The van der Waals surface area contributed by atoms with Crippen molar-refractivity contribution in [1.82, 2.24) is 5.32 Å². The zero-order valence-electron chi connectivity index (χ0n) is 9.44. The van der Waals surface area contributed by atoms with Gasteiger partial charge in [0.2, 0.25) is 5.91 Å². The molecule has 16 heavy (non-hydrogen) atoms. The summed E-state index contributed by atoms with van der Waals surface area (Å²) in [6, 6.07) is 0. The van der Waals surface area contributed by atoms with E-state index in [9.17, 15) is 13.2 Å². The van der Waals surface area contributed by atoms with Crippen LogP contribution in [-0.4, -0.2) is 38.4 Å². The van der Waals surface area contributed by atoms with Gasteiger partial charge in [0.1, 0.15) is 5.75 Å². The third-order valence-electron chi connectivity index (χ3n) is 2.86. The minimum atomic E-state index is -3.27. The SMILES string of the molecule is NCCNC(=O)CS(=O)(=O)C1CCCCC1. The lowest BCUT2D eigenvalue weighted by molar-refractivity contribution is -0.118. The average molecular weight is 248 g/mol. The van der Waals surface area contributed by atoms with Crippen molar-refractivity contribution in [2.45, 2.75) is 37.4 Å². The quantitative estimate of drug-likeness (QED) is 0.705. The molecule has 0 aromatic heterocycles. The largest absolute Gasteiger partial charge is 0.354 e. The number of nitrogens with two attached hydrogens (primary N) is 1. The van der Waals surface area contributed by atoms with Gasteiger partial charge in [0.05, 0.1) is 5.25 Å². The van der Waals surface area contributed by atoms with Crippen LogP contribution in [0.3, 0.4) is 0 Å². The number of hydrogen-bond donors (Lipinski definition) is 2. The molecular weight excluding hydrogens is 228 g/mol. The molecular formula is C10H20N2O3S. The molecule has 0 heterocycles. The summed E-state index contributed by atoms with van der Waals surface area (Å²) >= 11 is 0. The Morgan fingerprint density at radius 3 is 2.44 bits per heavy atom. The number of rotatable bonds is 5. The minimum Gasteiger partial charge on any atom is -0.354 e. The molecule has 0 bridgehead atoms. The first-order valence-electron chi connectivity index (χ1n) is 5.74. The van der Waals surface area contributed by atoms with Gasteiger partial charge in [-0.1, -0.05) is 19.3 Å². The van der Waals surface area contributed by atoms with Gasteiger partial charge in [-0.2, -0.15) is 0 Å². The molecule has 1 aliphatic carbocycles. The van der Waals surface area contributed by atoms with Crippen LogP contribution >= 0.6 is 0 Å². The number of amides is 1. The van der Waals surface area contributed by atoms with E-state index in [0.29, 0.717) is 25.9 Å². The van der Waals surface area contributed by atoms with Gasteiger partial charge in [0.15, 0.2) is 9.84 Å². The van der Waals surface area contributed by atoms with Crippen LogP contribution in [0.15, 0.2) is 0 Å². The first kappa shape index (κ1) is 13.4. The zero-order valence-corrected chi connectivity index (χ0v) is 10.3. The van der Waals surface area contributed by atoms with Gasteiger partial charge in [0.25, 0.3) is 0 Å².